The van der Waals surface area contributed by atoms with Crippen molar-refractivity contribution >= 4 is 28.9 Å². The van der Waals surface area contributed by atoms with Gasteiger partial charge in [-0.1, -0.05) is 18.2 Å². The Kier molecular flexibility index (Phi) is 5.29. The summed E-state index contributed by atoms with van der Waals surface area (Å²) in [5.41, 5.74) is 1.04. The normalized spacial score (nSPS) is 14.2. The second kappa shape index (κ2) is 8.18. The van der Waals surface area contributed by atoms with Crippen molar-refractivity contribution < 1.29 is 4.79 Å². The molecule has 27 heavy (non-hydrogen) atoms. The molecule has 0 spiro atoms. The molecule has 0 aliphatic carbocycles. The maximum atomic E-state index is 12.2. The van der Waals surface area contributed by atoms with Crippen molar-refractivity contribution in [2.24, 2.45) is 0 Å². The van der Waals surface area contributed by atoms with Crippen LogP contribution in [-0.2, 0) is 6.54 Å². The zero-order valence-corrected chi connectivity index (χ0v) is 15.7. The van der Waals surface area contributed by atoms with Crippen molar-refractivity contribution in [2.45, 2.75) is 6.54 Å². The fourth-order valence-electron chi connectivity index (χ4n) is 3.21. The first-order valence-electron chi connectivity index (χ1n) is 8.98. The number of aromatic nitrogens is 2. The molecule has 0 saturated carbocycles. The molecule has 1 amide bonds. The Morgan fingerprint density at radius 2 is 1.78 bits per heavy atom. The number of rotatable bonds is 5. The molecule has 6 nitrogen and oxygen atoms in total. The molecule has 1 aliphatic rings. The van der Waals surface area contributed by atoms with Crippen molar-refractivity contribution in [2.75, 3.05) is 36.0 Å². The van der Waals surface area contributed by atoms with Gasteiger partial charge in [-0.25, -0.2) is 9.97 Å². The van der Waals surface area contributed by atoms with Gasteiger partial charge >= 0.3 is 0 Å². The number of hydrogen-bond donors (Lipinski definition) is 1. The molecule has 0 aromatic carbocycles. The van der Waals surface area contributed by atoms with E-state index in [9.17, 15) is 4.79 Å². The number of carbonyl (C=O) groups excluding carboxylic acids is 1. The van der Waals surface area contributed by atoms with Crippen molar-refractivity contribution in [3.8, 4) is 0 Å². The Hall–Kier alpha value is -2.93. The maximum absolute atomic E-state index is 12.2. The van der Waals surface area contributed by atoms with Gasteiger partial charge in [-0.15, -0.1) is 11.3 Å². The van der Waals surface area contributed by atoms with Crippen LogP contribution >= 0.6 is 11.3 Å². The zero-order chi connectivity index (χ0) is 18.5. The third-order valence-corrected chi connectivity index (χ3v) is 5.47. The monoisotopic (exact) mass is 379 g/mol. The molecule has 4 heterocycles. The molecule has 1 aliphatic heterocycles. The van der Waals surface area contributed by atoms with E-state index in [1.54, 1.807) is 0 Å². The van der Waals surface area contributed by atoms with Crippen LogP contribution in [0.5, 0.6) is 0 Å². The number of hydrogen-bond acceptors (Lipinski definition) is 6. The molecule has 3 aromatic rings. The number of thiophene rings is 1. The summed E-state index contributed by atoms with van der Waals surface area (Å²) >= 11 is 1.45. The van der Waals surface area contributed by atoms with Crippen molar-refractivity contribution in [1.82, 2.24) is 15.3 Å². The van der Waals surface area contributed by atoms with Gasteiger partial charge in [-0.3, -0.25) is 4.79 Å². The number of piperazine rings is 1. The summed E-state index contributed by atoms with van der Waals surface area (Å²) in [5.74, 6) is 1.92. The lowest BCUT2D eigenvalue weighted by molar-refractivity contribution is 0.0955. The molecule has 0 atom stereocenters. The van der Waals surface area contributed by atoms with Crippen LogP contribution in [0.2, 0.25) is 0 Å². The van der Waals surface area contributed by atoms with Crippen LogP contribution < -0.4 is 15.1 Å². The second-order valence-electron chi connectivity index (χ2n) is 6.31. The molecule has 4 rings (SSSR count). The van der Waals surface area contributed by atoms with E-state index in [2.05, 4.69) is 25.1 Å². The molecular weight excluding hydrogens is 358 g/mol. The summed E-state index contributed by atoms with van der Waals surface area (Å²) < 4.78 is 0. The van der Waals surface area contributed by atoms with E-state index in [-0.39, 0.29) is 5.91 Å². The first-order chi connectivity index (χ1) is 13.3. The summed E-state index contributed by atoms with van der Waals surface area (Å²) in [4.78, 5) is 26.5. The van der Waals surface area contributed by atoms with Crippen LogP contribution in [0.3, 0.4) is 0 Å². The summed E-state index contributed by atoms with van der Waals surface area (Å²) in [6.07, 6.45) is 3.64. The maximum Gasteiger partial charge on any atom is 0.261 e. The number of nitrogens with zero attached hydrogens (tertiary/aromatic N) is 4. The molecule has 1 saturated heterocycles. The van der Waals surface area contributed by atoms with Crippen LogP contribution in [0.1, 0.15) is 15.2 Å². The van der Waals surface area contributed by atoms with E-state index < -0.39 is 0 Å². The fraction of sp³-hybridized carbons (Fsp3) is 0.250. The number of carbonyl (C=O) groups is 1. The van der Waals surface area contributed by atoms with Crippen LogP contribution in [0.25, 0.3) is 0 Å². The van der Waals surface area contributed by atoms with E-state index in [1.807, 2.05) is 60.2 Å². The molecular formula is C20H21N5OS. The molecule has 1 N–H and O–H groups in total. The summed E-state index contributed by atoms with van der Waals surface area (Å²) in [6.45, 7) is 4.02. The van der Waals surface area contributed by atoms with Gasteiger partial charge in [-0.2, -0.15) is 0 Å². The lowest BCUT2D eigenvalue weighted by Gasteiger charge is -2.36. The lowest BCUT2D eigenvalue weighted by atomic mass is 10.2. The smallest absolute Gasteiger partial charge is 0.261 e. The van der Waals surface area contributed by atoms with Gasteiger partial charge in [0.25, 0.3) is 5.91 Å². The molecule has 1 fully saturated rings. The molecule has 3 aromatic heterocycles. The van der Waals surface area contributed by atoms with Gasteiger partial charge in [0.15, 0.2) is 0 Å². The highest BCUT2D eigenvalue weighted by molar-refractivity contribution is 7.12. The van der Waals surface area contributed by atoms with E-state index in [1.165, 1.54) is 11.3 Å². The summed E-state index contributed by atoms with van der Waals surface area (Å²) in [6, 6.07) is 13.7. The van der Waals surface area contributed by atoms with Crippen molar-refractivity contribution in [3.63, 3.8) is 0 Å². The van der Waals surface area contributed by atoms with E-state index in [0.717, 1.165) is 48.3 Å². The Morgan fingerprint density at radius 1 is 0.963 bits per heavy atom. The van der Waals surface area contributed by atoms with E-state index in [0.29, 0.717) is 6.54 Å². The first kappa shape index (κ1) is 17.5. The second-order valence-corrected chi connectivity index (χ2v) is 7.26. The van der Waals surface area contributed by atoms with Crippen LogP contribution in [-0.4, -0.2) is 42.1 Å². The first-order valence-corrected chi connectivity index (χ1v) is 9.86. The predicted octanol–water partition coefficient (Wildman–Crippen LogP) is 2.79. The fourth-order valence-corrected chi connectivity index (χ4v) is 3.85. The van der Waals surface area contributed by atoms with Gasteiger partial charge in [0, 0.05) is 50.7 Å². The Labute approximate surface area is 162 Å². The topological polar surface area (TPSA) is 61.4 Å². The zero-order valence-electron chi connectivity index (χ0n) is 14.9. The van der Waals surface area contributed by atoms with Crippen molar-refractivity contribution in [1.29, 1.82) is 0 Å². The summed E-state index contributed by atoms with van der Waals surface area (Å²) in [5, 5.41) is 4.91. The largest absolute Gasteiger partial charge is 0.353 e. The van der Waals surface area contributed by atoms with Crippen LogP contribution in [0.4, 0.5) is 11.6 Å². The number of pyridine rings is 2. The highest BCUT2D eigenvalue weighted by atomic mass is 32.1. The van der Waals surface area contributed by atoms with Gasteiger partial charge in [0.05, 0.1) is 4.88 Å². The molecule has 0 bridgehead atoms. The molecule has 138 valence electrons. The molecule has 0 unspecified atom stereocenters. The minimum absolute atomic E-state index is 0.0419. The van der Waals surface area contributed by atoms with Crippen LogP contribution in [0.15, 0.2) is 60.2 Å². The quantitative estimate of drug-likeness (QED) is 0.739. The standard InChI is InChI=1S/C20H21N5OS/c26-20(17-6-4-14-27-17)23-15-16-5-3-9-22-19(16)25-12-10-24(11-13-25)18-7-1-2-8-21-18/h1-9,14H,10-13,15H2,(H,23,26). The number of nitrogens with one attached hydrogen (secondary N) is 1. The Balaban J connectivity index is 1.40. The number of amides is 1. The van der Waals surface area contributed by atoms with Gasteiger partial charge in [0.1, 0.15) is 11.6 Å². The van der Waals surface area contributed by atoms with E-state index >= 15 is 0 Å². The Morgan fingerprint density at radius 3 is 2.52 bits per heavy atom. The third-order valence-electron chi connectivity index (χ3n) is 4.60. The van der Waals surface area contributed by atoms with Gasteiger partial charge in [-0.05, 0) is 29.6 Å². The van der Waals surface area contributed by atoms with Crippen LogP contribution in [0, 0.1) is 0 Å². The van der Waals surface area contributed by atoms with Gasteiger partial charge < -0.3 is 15.1 Å². The van der Waals surface area contributed by atoms with Crippen molar-refractivity contribution in [3.05, 3.63) is 70.7 Å². The van der Waals surface area contributed by atoms with Gasteiger partial charge in [0.2, 0.25) is 0 Å². The van der Waals surface area contributed by atoms with E-state index in [4.69, 9.17) is 0 Å². The Bertz CT molecular complexity index is 876. The lowest BCUT2D eigenvalue weighted by Crippen LogP contribution is -2.47. The minimum Gasteiger partial charge on any atom is -0.353 e. The third kappa shape index (κ3) is 4.09. The average Bonchev–Trinajstić information content (AvgIpc) is 3.28. The minimum atomic E-state index is -0.0419. The highest BCUT2D eigenvalue weighted by Gasteiger charge is 2.21. The molecule has 0 radical (unpaired) electrons. The SMILES string of the molecule is O=C(NCc1cccnc1N1CCN(c2ccccn2)CC1)c1cccs1. The predicted molar refractivity (Wildman–Crippen MR) is 108 cm³/mol. The number of anilines is 2. The highest BCUT2D eigenvalue weighted by Crippen LogP contribution is 2.21. The average molecular weight is 379 g/mol. The molecule has 7 heteroatoms. The summed E-state index contributed by atoms with van der Waals surface area (Å²) in [7, 11) is 0.